The van der Waals surface area contributed by atoms with Gasteiger partial charge < -0.3 is 10.1 Å². The lowest BCUT2D eigenvalue weighted by molar-refractivity contribution is -0.144. The number of carbonyl (C=O) groups excluding carboxylic acids is 2. The van der Waals surface area contributed by atoms with Gasteiger partial charge in [0.2, 0.25) is 5.91 Å². The number of ether oxygens (including phenoxy) is 1. The maximum atomic E-state index is 12.9. The molecular formula is C13H15ClFNO3. The van der Waals surface area contributed by atoms with E-state index < -0.39 is 11.8 Å². The van der Waals surface area contributed by atoms with Crippen molar-refractivity contribution in [3.05, 3.63) is 34.6 Å². The van der Waals surface area contributed by atoms with Crippen LogP contribution in [-0.2, 0) is 20.9 Å². The molecule has 1 aromatic carbocycles. The Bertz CT molecular complexity index is 465. The molecule has 1 N–H and O–H groups in total. The van der Waals surface area contributed by atoms with E-state index in [9.17, 15) is 14.0 Å². The molecule has 4 nitrogen and oxygen atoms in total. The summed E-state index contributed by atoms with van der Waals surface area (Å²) < 4.78 is 17.6. The van der Waals surface area contributed by atoms with E-state index in [4.69, 9.17) is 16.3 Å². The number of hydrogen-bond acceptors (Lipinski definition) is 3. The van der Waals surface area contributed by atoms with Gasteiger partial charge in [-0.15, -0.1) is 0 Å². The van der Waals surface area contributed by atoms with Gasteiger partial charge in [-0.25, -0.2) is 4.39 Å². The monoisotopic (exact) mass is 287 g/mol. The van der Waals surface area contributed by atoms with Crippen molar-refractivity contribution in [2.75, 3.05) is 6.61 Å². The highest BCUT2D eigenvalue weighted by Crippen LogP contribution is 2.15. The summed E-state index contributed by atoms with van der Waals surface area (Å²) in [5, 5.41) is 2.63. The van der Waals surface area contributed by atoms with Crippen LogP contribution in [0.15, 0.2) is 18.2 Å². The van der Waals surface area contributed by atoms with Crippen LogP contribution in [-0.4, -0.2) is 18.5 Å². The minimum atomic E-state index is -0.501. The summed E-state index contributed by atoms with van der Waals surface area (Å²) in [6.45, 7) is 2.24. The maximum Gasteiger partial charge on any atom is 0.306 e. The molecule has 0 spiro atoms. The summed E-state index contributed by atoms with van der Waals surface area (Å²) in [6, 6.07) is 4.22. The molecule has 0 radical (unpaired) electrons. The van der Waals surface area contributed by atoms with E-state index in [-0.39, 0.29) is 30.3 Å². The van der Waals surface area contributed by atoms with Gasteiger partial charge in [-0.05, 0) is 24.6 Å². The molecule has 0 aliphatic rings. The average Bonchev–Trinajstić information content (AvgIpc) is 2.38. The zero-order chi connectivity index (χ0) is 14.3. The van der Waals surface area contributed by atoms with E-state index in [2.05, 4.69) is 5.32 Å². The average molecular weight is 288 g/mol. The fourth-order valence-corrected chi connectivity index (χ4v) is 1.59. The Kier molecular flexibility index (Phi) is 6.29. The molecule has 0 aromatic heterocycles. The lowest BCUT2D eigenvalue weighted by atomic mass is 10.2. The molecule has 0 aliphatic carbocycles. The molecule has 0 saturated heterocycles. The van der Waals surface area contributed by atoms with E-state index >= 15 is 0 Å². The standard InChI is InChI=1S/C13H15ClFNO3/c1-2-19-13(18)6-5-12(17)16-8-9-3-4-11(15)10(14)7-9/h3-4,7H,2,5-6,8H2,1H3,(H,16,17). The van der Waals surface area contributed by atoms with Gasteiger partial charge in [0.1, 0.15) is 5.82 Å². The summed E-state index contributed by atoms with van der Waals surface area (Å²) in [4.78, 5) is 22.5. The molecule has 0 bridgehead atoms. The normalized spacial score (nSPS) is 10.1. The smallest absolute Gasteiger partial charge is 0.306 e. The van der Waals surface area contributed by atoms with Crippen molar-refractivity contribution in [2.45, 2.75) is 26.3 Å². The Morgan fingerprint density at radius 1 is 1.37 bits per heavy atom. The van der Waals surface area contributed by atoms with Crippen molar-refractivity contribution < 1.29 is 18.7 Å². The molecule has 6 heteroatoms. The van der Waals surface area contributed by atoms with Gasteiger partial charge in [0.25, 0.3) is 0 Å². The van der Waals surface area contributed by atoms with Crippen molar-refractivity contribution in [1.82, 2.24) is 5.32 Å². The van der Waals surface area contributed by atoms with Crippen LogP contribution in [0.3, 0.4) is 0 Å². The third-order valence-electron chi connectivity index (χ3n) is 2.34. The third kappa shape index (κ3) is 5.70. The zero-order valence-electron chi connectivity index (χ0n) is 10.5. The number of nitrogens with one attached hydrogen (secondary N) is 1. The molecule has 0 atom stereocenters. The van der Waals surface area contributed by atoms with Crippen molar-refractivity contribution in [3.63, 3.8) is 0 Å². The van der Waals surface area contributed by atoms with Crippen LogP contribution in [0, 0.1) is 5.82 Å². The topological polar surface area (TPSA) is 55.4 Å². The molecular weight excluding hydrogens is 273 g/mol. The highest BCUT2D eigenvalue weighted by molar-refractivity contribution is 6.30. The molecule has 1 rings (SSSR count). The molecule has 0 aliphatic heterocycles. The minimum absolute atomic E-state index is 0.0123. The Balaban J connectivity index is 2.33. The molecule has 1 aromatic rings. The van der Waals surface area contributed by atoms with Crippen molar-refractivity contribution in [2.24, 2.45) is 0 Å². The molecule has 1 amide bonds. The summed E-state index contributed by atoms with van der Waals surface area (Å²) in [5.41, 5.74) is 0.691. The number of carbonyl (C=O) groups is 2. The van der Waals surface area contributed by atoms with Gasteiger partial charge >= 0.3 is 5.97 Å². The highest BCUT2D eigenvalue weighted by atomic mass is 35.5. The van der Waals surface area contributed by atoms with Gasteiger partial charge in [-0.3, -0.25) is 9.59 Å². The van der Waals surface area contributed by atoms with Crippen LogP contribution < -0.4 is 5.32 Å². The Morgan fingerprint density at radius 3 is 2.74 bits per heavy atom. The van der Waals surface area contributed by atoms with Gasteiger partial charge in [0, 0.05) is 13.0 Å². The molecule has 19 heavy (non-hydrogen) atoms. The largest absolute Gasteiger partial charge is 0.466 e. The lowest BCUT2D eigenvalue weighted by Gasteiger charge is -2.06. The molecule has 0 saturated carbocycles. The summed E-state index contributed by atoms with van der Waals surface area (Å²) in [5.74, 6) is -1.17. The van der Waals surface area contributed by atoms with Crippen LogP contribution in [0.2, 0.25) is 5.02 Å². The maximum absolute atomic E-state index is 12.9. The van der Waals surface area contributed by atoms with Crippen molar-refractivity contribution in [1.29, 1.82) is 0 Å². The van der Waals surface area contributed by atoms with Gasteiger partial charge in [-0.2, -0.15) is 0 Å². The highest BCUT2D eigenvalue weighted by Gasteiger charge is 2.07. The molecule has 0 unspecified atom stereocenters. The summed E-state index contributed by atoms with van der Waals surface area (Å²) in [7, 11) is 0. The van der Waals surface area contributed by atoms with Gasteiger partial charge in [-0.1, -0.05) is 17.7 Å². The van der Waals surface area contributed by atoms with Crippen LogP contribution in [0.5, 0.6) is 0 Å². The first-order chi connectivity index (χ1) is 9.02. The quantitative estimate of drug-likeness (QED) is 0.818. The van der Waals surface area contributed by atoms with Crippen LogP contribution in [0.4, 0.5) is 4.39 Å². The first-order valence-corrected chi connectivity index (χ1v) is 6.27. The van der Waals surface area contributed by atoms with E-state index in [1.54, 1.807) is 6.92 Å². The fraction of sp³-hybridized carbons (Fsp3) is 0.385. The third-order valence-corrected chi connectivity index (χ3v) is 2.62. The zero-order valence-corrected chi connectivity index (χ0v) is 11.3. The molecule has 0 heterocycles. The van der Waals surface area contributed by atoms with Crippen LogP contribution in [0.1, 0.15) is 25.3 Å². The minimum Gasteiger partial charge on any atom is -0.466 e. The number of benzene rings is 1. The van der Waals surface area contributed by atoms with E-state index in [0.717, 1.165) is 0 Å². The number of hydrogen-bond donors (Lipinski definition) is 1. The first-order valence-electron chi connectivity index (χ1n) is 5.89. The van der Waals surface area contributed by atoms with E-state index in [1.165, 1.54) is 18.2 Å². The van der Waals surface area contributed by atoms with E-state index in [1.807, 2.05) is 0 Å². The molecule has 104 valence electrons. The van der Waals surface area contributed by atoms with Gasteiger partial charge in [0.15, 0.2) is 0 Å². The summed E-state index contributed by atoms with van der Waals surface area (Å²) >= 11 is 5.62. The Labute approximate surface area is 115 Å². The van der Waals surface area contributed by atoms with Crippen LogP contribution in [0.25, 0.3) is 0 Å². The van der Waals surface area contributed by atoms with E-state index in [0.29, 0.717) is 12.2 Å². The van der Waals surface area contributed by atoms with Crippen LogP contribution >= 0.6 is 11.6 Å². The Hall–Kier alpha value is -1.62. The Morgan fingerprint density at radius 2 is 2.11 bits per heavy atom. The fourth-order valence-electron chi connectivity index (χ4n) is 1.39. The SMILES string of the molecule is CCOC(=O)CCC(=O)NCc1ccc(F)c(Cl)c1. The second-order valence-electron chi connectivity index (χ2n) is 3.83. The number of esters is 1. The second-order valence-corrected chi connectivity index (χ2v) is 4.24. The first kappa shape index (κ1) is 15.4. The predicted octanol–water partition coefficient (Wildman–Crippen LogP) is 2.44. The number of amides is 1. The number of rotatable bonds is 6. The lowest BCUT2D eigenvalue weighted by Crippen LogP contribution is -2.23. The predicted molar refractivity (Wildman–Crippen MR) is 69.1 cm³/mol. The summed E-state index contributed by atoms with van der Waals surface area (Å²) in [6.07, 6.45) is 0.109. The number of halogens is 2. The van der Waals surface area contributed by atoms with Gasteiger partial charge in [0.05, 0.1) is 18.1 Å². The van der Waals surface area contributed by atoms with Crippen molar-refractivity contribution >= 4 is 23.5 Å². The molecule has 0 fully saturated rings. The second kappa shape index (κ2) is 7.74. The van der Waals surface area contributed by atoms with Crippen molar-refractivity contribution in [3.8, 4) is 0 Å².